The molecule has 1 amide bonds. The lowest BCUT2D eigenvalue weighted by Crippen LogP contribution is -2.41. The standard InChI is InChI=1S/C15H24N2O2/c1-12(13-8-6-5-7-9-13)16-10-11-19-14(18)17-15(2,3)4/h5-9,12,16H,10-11H2,1-4H3,(H,17,18). The summed E-state index contributed by atoms with van der Waals surface area (Å²) in [6.45, 7) is 8.84. The predicted molar refractivity (Wildman–Crippen MR) is 77.1 cm³/mol. The highest BCUT2D eigenvalue weighted by Crippen LogP contribution is 2.10. The van der Waals surface area contributed by atoms with Crippen LogP contribution in [0.5, 0.6) is 0 Å². The first-order valence-corrected chi connectivity index (χ1v) is 6.62. The molecule has 0 aliphatic carbocycles. The second-order valence-electron chi connectivity index (χ2n) is 5.60. The topological polar surface area (TPSA) is 50.4 Å². The number of hydrogen-bond acceptors (Lipinski definition) is 3. The van der Waals surface area contributed by atoms with E-state index in [0.29, 0.717) is 13.2 Å². The zero-order valence-corrected chi connectivity index (χ0v) is 12.2. The summed E-state index contributed by atoms with van der Waals surface area (Å²) in [6.07, 6.45) is -0.373. The molecule has 19 heavy (non-hydrogen) atoms. The van der Waals surface area contributed by atoms with Crippen molar-refractivity contribution < 1.29 is 9.53 Å². The highest BCUT2D eigenvalue weighted by molar-refractivity contribution is 5.68. The van der Waals surface area contributed by atoms with E-state index in [2.05, 4.69) is 29.7 Å². The SMILES string of the molecule is CC(NCCOC(=O)NC(C)(C)C)c1ccccc1. The van der Waals surface area contributed by atoms with Gasteiger partial charge in [0.25, 0.3) is 0 Å². The molecule has 0 radical (unpaired) electrons. The molecular formula is C15H24N2O2. The molecule has 0 heterocycles. The molecule has 2 N–H and O–H groups in total. The maximum absolute atomic E-state index is 11.4. The number of amides is 1. The van der Waals surface area contributed by atoms with Crippen molar-refractivity contribution in [3.8, 4) is 0 Å². The number of alkyl carbamates (subject to hydrolysis) is 1. The lowest BCUT2D eigenvalue weighted by molar-refractivity contribution is 0.137. The fourth-order valence-electron chi connectivity index (χ4n) is 1.62. The molecule has 0 aliphatic heterocycles. The van der Waals surface area contributed by atoms with Gasteiger partial charge in [0.05, 0.1) is 0 Å². The van der Waals surface area contributed by atoms with Gasteiger partial charge in [-0.25, -0.2) is 4.79 Å². The lowest BCUT2D eigenvalue weighted by atomic mass is 10.1. The maximum atomic E-state index is 11.4. The summed E-state index contributed by atoms with van der Waals surface area (Å²) in [5, 5.41) is 6.06. The number of rotatable bonds is 5. The third-order valence-electron chi connectivity index (χ3n) is 2.56. The van der Waals surface area contributed by atoms with Gasteiger partial charge < -0.3 is 15.4 Å². The molecule has 1 rings (SSSR count). The van der Waals surface area contributed by atoms with Crippen LogP contribution in [0, 0.1) is 0 Å². The third-order valence-corrected chi connectivity index (χ3v) is 2.56. The quantitative estimate of drug-likeness (QED) is 0.804. The molecule has 0 aromatic heterocycles. The molecule has 1 atom stereocenters. The summed E-state index contributed by atoms with van der Waals surface area (Å²) >= 11 is 0. The molecule has 1 aromatic rings. The average molecular weight is 264 g/mol. The molecule has 4 heteroatoms. The van der Waals surface area contributed by atoms with Crippen molar-refractivity contribution in [2.45, 2.75) is 39.3 Å². The van der Waals surface area contributed by atoms with Gasteiger partial charge in [-0.1, -0.05) is 30.3 Å². The lowest BCUT2D eigenvalue weighted by Gasteiger charge is -2.20. The van der Waals surface area contributed by atoms with Crippen LogP contribution in [-0.2, 0) is 4.74 Å². The Hall–Kier alpha value is -1.55. The van der Waals surface area contributed by atoms with E-state index >= 15 is 0 Å². The van der Waals surface area contributed by atoms with Crippen LogP contribution < -0.4 is 10.6 Å². The molecule has 0 saturated carbocycles. The molecule has 0 bridgehead atoms. The predicted octanol–water partition coefficient (Wildman–Crippen LogP) is 2.86. The Kier molecular flexibility index (Phi) is 5.83. The van der Waals surface area contributed by atoms with E-state index in [1.807, 2.05) is 39.0 Å². The van der Waals surface area contributed by atoms with Gasteiger partial charge >= 0.3 is 6.09 Å². The molecule has 0 saturated heterocycles. The van der Waals surface area contributed by atoms with Gasteiger partial charge in [0, 0.05) is 18.1 Å². The molecule has 0 fully saturated rings. The Morgan fingerprint density at radius 2 is 1.89 bits per heavy atom. The zero-order chi connectivity index (χ0) is 14.3. The highest BCUT2D eigenvalue weighted by Gasteiger charge is 2.14. The van der Waals surface area contributed by atoms with Crippen LogP contribution in [0.2, 0.25) is 0 Å². The number of nitrogens with one attached hydrogen (secondary N) is 2. The van der Waals surface area contributed by atoms with Gasteiger partial charge in [-0.05, 0) is 33.3 Å². The monoisotopic (exact) mass is 264 g/mol. The number of ether oxygens (including phenoxy) is 1. The van der Waals surface area contributed by atoms with Gasteiger partial charge in [-0.2, -0.15) is 0 Å². The second kappa shape index (κ2) is 7.14. The zero-order valence-electron chi connectivity index (χ0n) is 12.2. The Labute approximate surface area is 115 Å². The van der Waals surface area contributed by atoms with Crippen molar-refractivity contribution in [1.82, 2.24) is 10.6 Å². The highest BCUT2D eigenvalue weighted by atomic mass is 16.5. The van der Waals surface area contributed by atoms with Gasteiger partial charge in [0.15, 0.2) is 0 Å². The van der Waals surface area contributed by atoms with E-state index in [0.717, 1.165) is 0 Å². The van der Waals surface area contributed by atoms with Crippen LogP contribution in [0.25, 0.3) is 0 Å². The Balaban J connectivity index is 2.19. The van der Waals surface area contributed by atoms with Crippen molar-refractivity contribution in [2.75, 3.05) is 13.2 Å². The van der Waals surface area contributed by atoms with Crippen molar-refractivity contribution in [2.24, 2.45) is 0 Å². The average Bonchev–Trinajstić information content (AvgIpc) is 2.33. The summed E-state index contributed by atoms with van der Waals surface area (Å²) in [6, 6.07) is 10.4. The molecule has 4 nitrogen and oxygen atoms in total. The third kappa shape index (κ3) is 6.82. The van der Waals surface area contributed by atoms with Crippen LogP contribution in [0.4, 0.5) is 4.79 Å². The van der Waals surface area contributed by atoms with Crippen molar-refractivity contribution in [1.29, 1.82) is 0 Å². The Bertz CT molecular complexity index is 385. The minimum Gasteiger partial charge on any atom is -0.448 e. The van der Waals surface area contributed by atoms with Gasteiger partial charge in [0.1, 0.15) is 6.61 Å². The Morgan fingerprint density at radius 1 is 1.26 bits per heavy atom. The van der Waals surface area contributed by atoms with Gasteiger partial charge in [-0.3, -0.25) is 0 Å². The normalized spacial score (nSPS) is 12.8. The van der Waals surface area contributed by atoms with E-state index in [1.165, 1.54) is 5.56 Å². The maximum Gasteiger partial charge on any atom is 0.407 e. The largest absolute Gasteiger partial charge is 0.448 e. The van der Waals surface area contributed by atoms with Crippen LogP contribution in [0.1, 0.15) is 39.3 Å². The van der Waals surface area contributed by atoms with E-state index in [-0.39, 0.29) is 17.7 Å². The van der Waals surface area contributed by atoms with E-state index < -0.39 is 0 Å². The van der Waals surface area contributed by atoms with E-state index in [1.54, 1.807) is 0 Å². The van der Waals surface area contributed by atoms with Crippen molar-refractivity contribution in [3.05, 3.63) is 35.9 Å². The minimum absolute atomic E-state index is 0.246. The fraction of sp³-hybridized carbons (Fsp3) is 0.533. The summed E-state index contributed by atoms with van der Waals surface area (Å²) in [7, 11) is 0. The van der Waals surface area contributed by atoms with Gasteiger partial charge in [0.2, 0.25) is 0 Å². The second-order valence-corrected chi connectivity index (χ2v) is 5.60. The summed E-state index contributed by atoms with van der Waals surface area (Å²) < 4.78 is 5.09. The number of carbonyl (C=O) groups excluding carboxylic acids is 1. The molecule has 0 spiro atoms. The molecule has 1 unspecified atom stereocenters. The van der Waals surface area contributed by atoms with Crippen LogP contribution in [0.3, 0.4) is 0 Å². The minimum atomic E-state index is -0.373. The van der Waals surface area contributed by atoms with Gasteiger partial charge in [-0.15, -0.1) is 0 Å². The molecular weight excluding hydrogens is 240 g/mol. The summed E-state index contributed by atoms with van der Waals surface area (Å²) in [5.41, 5.74) is 0.962. The molecule has 106 valence electrons. The van der Waals surface area contributed by atoms with Crippen molar-refractivity contribution in [3.63, 3.8) is 0 Å². The van der Waals surface area contributed by atoms with Crippen molar-refractivity contribution >= 4 is 6.09 Å². The van der Waals surface area contributed by atoms with E-state index in [4.69, 9.17) is 4.74 Å². The summed E-state index contributed by atoms with van der Waals surface area (Å²) in [4.78, 5) is 11.4. The first-order valence-electron chi connectivity index (χ1n) is 6.62. The van der Waals surface area contributed by atoms with Crippen LogP contribution in [0.15, 0.2) is 30.3 Å². The molecule has 0 aliphatic rings. The smallest absolute Gasteiger partial charge is 0.407 e. The first kappa shape index (κ1) is 15.5. The number of benzene rings is 1. The molecule has 1 aromatic carbocycles. The number of carbonyl (C=O) groups is 1. The first-order chi connectivity index (χ1) is 8.88. The van der Waals surface area contributed by atoms with E-state index in [9.17, 15) is 4.79 Å². The van der Waals surface area contributed by atoms with Crippen LogP contribution >= 0.6 is 0 Å². The Morgan fingerprint density at radius 3 is 2.47 bits per heavy atom. The summed E-state index contributed by atoms with van der Waals surface area (Å²) in [5.74, 6) is 0. The fourth-order valence-corrected chi connectivity index (χ4v) is 1.62. The van der Waals surface area contributed by atoms with Crippen LogP contribution in [-0.4, -0.2) is 24.8 Å². The number of hydrogen-bond donors (Lipinski definition) is 2.